The molecule has 1 saturated heterocycles. The van der Waals surface area contributed by atoms with Gasteiger partial charge in [0.15, 0.2) is 5.11 Å². The number of hydrogen-bond donors (Lipinski definition) is 2. The molecule has 1 aliphatic rings. The van der Waals surface area contributed by atoms with Crippen molar-refractivity contribution in [1.82, 2.24) is 10.2 Å². The number of hydrogen-bond acceptors (Lipinski definition) is 2. The van der Waals surface area contributed by atoms with E-state index in [1.165, 1.54) is 12.8 Å². The van der Waals surface area contributed by atoms with Crippen LogP contribution in [-0.2, 0) is 0 Å². The van der Waals surface area contributed by atoms with Crippen LogP contribution in [0.1, 0.15) is 45.4 Å². The van der Waals surface area contributed by atoms with Gasteiger partial charge in [0.1, 0.15) is 0 Å². The molecule has 0 aromatic carbocycles. The highest BCUT2D eigenvalue weighted by Crippen LogP contribution is 2.12. The van der Waals surface area contributed by atoms with E-state index in [1.54, 1.807) is 0 Å². The van der Waals surface area contributed by atoms with E-state index >= 15 is 0 Å². The van der Waals surface area contributed by atoms with E-state index in [4.69, 9.17) is 12.2 Å². The largest absolute Gasteiger partial charge is 0.393 e. The maximum absolute atomic E-state index is 9.79. The first-order chi connectivity index (χ1) is 7.63. The highest BCUT2D eigenvalue weighted by Gasteiger charge is 2.22. The van der Waals surface area contributed by atoms with Crippen molar-refractivity contribution >= 4 is 17.3 Å². The van der Waals surface area contributed by atoms with Crippen molar-refractivity contribution in [3.63, 3.8) is 0 Å². The predicted octanol–water partition coefficient (Wildman–Crippen LogP) is 1.90. The van der Waals surface area contributed by atoms with Crippen molar-refractivity contribution in [2.45, 2.75) is 57.6 Å². The Balaban J connectivity index is 2.08. The van der Waals surface area contributed by atoms with Gasteiger partial charge in [-0.15, -0.1) is 0 Å². The van der Waals surface area contributed by atoms with E-state index in [0.717, 1.165) is 37.3 Å². The topological polar surface area (TPSA) is 35.5 Å². The van der Waals surface area contributed by atoms with Crippen LogP contribution in [0.3, 0.4) is 0 Å². The van der Waals surface area contributed by atoms with Gasteiger partial charge in [0.05, 0.1) is 6.10 Å². The fourth-order valence-corrected chi connectivity index (χ4v) is 2.32. The maximum atomic E-state index is 9.79. The highest BCUT2D eigenvalue weighted by molar-refractivity contribution is 7.80. The Morgan fingerprint density at radius 2 is 2.25 bits per heavy atom. The zero-order valence-electron chi connectivity index (χ0n) is 10.4. The Hall–Kier alpha value is -0.350. The fourth-order valence-electron chi connectivity index (χ4n) is 2.08. The number of unbranched alkanes of at least 4 members (excludes halogenated alkanes) is 2. The summed E-state index contributed by atoms with van der Waals surface area (Å²) in [5.74, 6) is 0. The Morgan fingerprint density at radius 1 is 1.50 bits per heavy atom. The molecular weight excluding hydrogens is 220 g/mol. The summed E-state index contributed by atoms with van der Waals surface area (Å²) in [7, 11) is 2.01. The summed E-state index contributed by atoms with van der Waals surface area (Å²) in [6, 6.07) is 0.429. The van der Waals surface area contributed by atoms with E-state index in [9.17, 15) is 5.11 Å². The van der Waals surface area contributed by atoms with Crippen LogP contribution in [0.2, 0.25) is 0 Å². The third-order valence-electron chi connectivity index (χ3n) is 3.16. The SMILES string of the molecule is CCCCCC(O)CCC1CN(C)C(=S)N1. The molecule has 0 aromatic heterocycles. The zero-order valence-corrected chi connectivity index (χ0v) is 11.2. The summed E-state index contributed by atoms with van der Waals surface area (Å²) < 4.78 is 0. The van der Waals surface area contributed by atoms with Crippen LogP contribution in [0, 0.1) is 0 Å². The van der Waals surface area contributed by atoms with Crippen molar-refractivity contribution in [1.29, 1.82) is 0 Å². The molecule has 1 aliphatic heterocycles. The molecule has 2 atom stereocenters. The van der Waals surface area contributed by atoms with Gasteiger partial charge in [0, 0.05) is 19.6 Å². The quantitative estimate of drug-likeness (QED) is 0.529. The molecule has 0 spiro atoms. The van der Waals surface area contributed by atoms with E-state index in [1.807, 2.05) is 7.05 Å². The minimum absolute atomic E-state index is 0.132. The van der Waals surface area contributed by atoms with Crippen LogP contribution < -0.4 is 5.32 Å². The molecule has 1 fully saturated rings. The second-order valence-electron chi connectivity index (χ2n) is 4.75. The minimum atomic E-state index is -0.132. The number of rotatable bonds is 7. The van der Waals surface area contributed by atoms with Gasteiger partial charge >= 0.3 is 0 Å². The lowest BCUT2D eigenvalue weighted by Crippen LogP contribution is -2.27. The first-order valence-electron chi connectivity index (χ1n) is 6.33. The summed E-state index contributed by atoms with van der Waals surface area (Å²) in [5, 5.41) is 13.9. The average molecular weight is 244 g/mol. The summed E-state index contributed by atoms with van der Waals surface area (Å²) in [6.45, 7) is 3.16. The molecule has 94 valence electrons. The third-order valence-corrected chi connectivity index (χ3v) is 3.59. The smallest absolute Gasteiger partial charge is 0.169 e. The Morgan fingerprint density at radius 3 is 2.81 bits per heavy atom. The molecule has 16 heavy (non-hydrogen) atoms. The molecule has 1 rings (SSSR count). The monoisotopic (exact) mass is 244 g/mol. The van der Waals surface area contributed by atoms with E-state index in [0.29, 0.717) is 6.04 Å². The Labute approximate surface area is 104 Å². The van der Waals surface area contributed by atoms with Gasteiger partial charge in [0.2, 0.25) is 0 Å². The molecule has 0 bridgehead atoms. The highest BCUT2D eigenvalue weighted by atomic mass is 32.1. The summed E-state index contributed by atoms with van der Waals surface area (Å²) in [4.78, 5) is 2.06. The molecular formula is C12H24N2OS. The molecule has 0 aromatic rings. The lowest BCUT2D eigenvalue weighted by Gasteiger charge is -2.13. The third kappa shape index (κ3) is 4.66. The Bertz CT molecular complexity index is 223. The normalized spacial score (nSPS) is 22.3. The molecule has 2 N–H and O–H groups in total. The molecule has 4 heteroatoms. The number of thiocarbonyl (C=S) groups is 1. The van der Waals surface area contributed by atoms with Gasteiger partial charge in [-0.1, -0.05) is 26.2 Å². The van der Waals surface area contributed by atoms with Crippen molar-refractivity contribution in [2.24, 2.45) is 0 Å². The second kappa shape index (κ2) is 7.07. The number of nitrogens with zero attached hydrogens (tertiary/aromatic N) is 1. The standard InChI is InChI=1S/C12H24N2OS/c1-3-4-5-6-11(15)8-7-10-9-14(2)12(16)13-10/h10-11,15H,3-9H2,1-2H3,(H,13,16). The summed E-state index contributed by atoms with van der Waals surface area (Å²) >= 11 is 5.14. The first-order valence-corrected chi connectivity index (χ1v) is 6.74. The van der Waals surface area contributed by atoms with Crippen LogP contribution in [0.4, 0.5) is 0 Å². The lowest BCUT2D eigenvalue weighted by molar-refractivity contribution is 0.145. The van der Waals surface area contributed by atoms with Crippen LogP contribution in [0.25, 0.3) is 0 Å². The van der Waals surface area contributed by atoms with Crippen LogP contribution in [0.15, 0.2) is 0 Å². The van der Waals surface area contributed by atoms with Gasteiger partial charge in [-0.25, -0.2) is 0 Å². The zero-order chi connectivity index (χ0) is 12.0. The minimum Gasteiger partial charge on any atom is -0.393 e. The van der Waals surface area contributed by atoms with E-state index < -0.39 is 0 Å². The van der Waals surface area contributed by atoms with E-state index in [-0.39, 0.29) is 6.10 Å². The lowest BCUT2D eigenvalue weighted by atomic mass is 10.0. The molecule has 0 saturated carbocycles. The van der Waals surface area contributed by atoms with Crippen LogP contribution in [0.5, 0.6) is 0 Å². The van der Waals surface area contributed by atoms with Crippen molar-refractivity contribution in [3.05, 3.63) is 0 Å². The molecule has 1 heterocycles. The van der Waals surface area contributed by atoms with Gasteiger partial charge < -0.3 is 15.3 Å². The van der Waals surface area contributed by atoms with Crippen molar-refractivity contribution in [2.75, 3.05) is 13.6 Å². The van der Waals surface area contributed by atoms with Crippen LogP contribution in [-0.4, -0.2) is 40.9 Å². The summed E-state index contributed by atoms with van der Waals surface area (Å²) in [6.07, 6.45) is 6.30. The van der Waals surface area contributed by atoms with Crippen molar-refractivity contribution < 1.29 is 5.11 Å². The second-order valence-corrected chi connectivity index (χ2v) is 5.14. The Kier molecular flexibility index (Phi) is 6.06. The van der Waals surface area contributed by atoms with Gasteiger partial charge in [-0.2, -0.15) is 0 Å². The van der Waals surface area contributed by atoms with E-state index in [2.05, 4.69) is 17.1 Å². The van der Waals surface area contributed by atoms with Gasteiger partial charge in [0.25, 0.3) is 0 Å². The first kappa shape index (κ1) is 13.7. The molecule has 3 nitrogen and oxygen atoms in total. The molecule has 0 aliphatic carbocycles. The number of aliphatic hydroxyl groups is 1. The van der Waals surface area contributed by atoms with Gasteiger partial charge in [-0.05, 0) is 31.5 Å². The summed E-state index contributed by atoms with van der Waals surface area (Å²) in [5.41, 5.74) is 0. The molecule has 2 unspecified atom stereocenters. The maximum Gasteiger partial charge on any atom is 0.169 e. The number of likely N-dealkylation sites (N-methyl/N-ethyl adjacent to an activating group) is 1. The molecule has 0 radical (unpaired) electrons. The number of aliphatic hydroxyl groups excluding tert-OH is 1. The van der Waals surface area contributed by atoms with Gasteiger partial charge in [-0.3, -0.25) is 0 Å². The number of nitrogens with one attached hydrogen (secondary N) is 1. The average Bonchev–Trinajstić information content (AvgIpc) is 2.56. The molecule has 0 amide bonds. The van der Waals surface area contributed by atoms with Crippen LogP contribution >= 0.6 is 12.2 Å². The van der Waals surface area contributed by atoms with Crippen molar-refractivity contribution in [3.8, 4) is 0 Å². The fraction of sp³-hybridized carbons (Fsp3) is 0.917. The predicted molar refractivity (Wildman–Crippen MR) is 71.5 cm³/mol.